The number of piperidine rings is 1. The van der Waals surface area contributed by atoms with Gasteiger partial charge in [-0.2, -0.15) is 13.2 Å². The molecule has 0 aliphatic carbocycles. The first-order chi connectivity index (χ1) is 11.9. The Kier molecular flexibility index (Phi) is 5.64. The number of morpholine rings is 1. The van der Waals surface area contributed by atoms with Crippen LogP contribution in [0.1, 0.15) is 28.8 Å². The number of carbonyl (C=O) groups is 1. The fraction of sp³-hybridized carbons (Fsp3) is 0.611. The van der Waals surface area contributed by atoms with E-state index in [1.54, 1.807) is 6.07 Å². The maximum absolute atomic E-state index is 12.8. The van der Waals surface area contributed by atoms with E-state index in [0.717, 1.165) is 37.9 Å². The van der Waals surface area contributed by atoms with E-state index in [-0.39, 0.29) is 19.1 Å². The largest absolute Gasteiger partial charge is 0.416 e. The van der Waals surface area contributed by atoms with Gasteiger partial charge < -0.3 is 15.0 Å². The predicted molar refractivity (Wildman–Crippen MR) is 87.4 cm³/mol. The molecule has 2 fully saturated rings. The zero-order valence-electron chi connectivity index (χ0n) is 14.0. The number of hydrogen-bond acceptors (Lipinski definition) is 3. The Morgan fingerprint density at radius 2 is 2.04 bits per heavy atom. The highest BCUT2D eigenvalue weighted by molar-refractivity contribution is 5.94. The van der Waals surface area contributed by atoms with Gasteiger partial charge in [-0.25, -0.2) is 0 Å². The highest BCUT2D eigenvalue weighted by atomic mass is 19.4. The zero-order valence-corrected chi connectivity index (χ0v) is 14.0. The first-order valence-corrected chi connectivity index (χ1v) is 8.71. The SMILES string of the molecule is O=C(c1cccc(CC2CCNCC2)c1)N1CCOC(C(F)(F)F)C1. The van der Waals surface area contributed by atoms with Crippen LogP contribution in [0.4, 0.5) is 13.2 Å². The first kappa shape index (κ1) is 18.2. The van der Waals surface area contributed by atoms with Gasteiger partial charge in [0.25, 0.3) is 5.91 Å². The molecule has 1 atom stereocenters. The van der Waals surface area contributed by atoms with Crippen LogP contribution < -0.4 is 5.32 Å². The van der Waals surface area contributed by atoms with Gasteiger partial charge in [0.15, 0.2) is 6.10 Å². The number of rotatable bonds is 3. The molecule has 2 saturated heterocycles. The number of nitrogens with one attached hydrogen (secondary N) is 1. The number of benzene rings is 1. The summed E-state index contributed by atoms with van der Waals surface area (Å²) in [5.74, 6) is 0.231. The number of alkyl halides is 3. The van der Waals surface area contributed by atoms with Crippen molar-refractivity contribution in [1.29, 1.82) is 0 Å². The Labute approximate surface area is 145 Å². The lowest BCUT2D eigenvalue weighted by atomic mass is 9.90. The lowest BCUT2D eigenvalue weighted by Crippen LogP contribution is -2.51. The molecule has 2 heterocycles. The number of ether oxygens (including phenoxy) is 1. The molecule has 1 aromatic rings. The summed E-state index contributed by atoms with van der Waals surface area (Å²) in [6.07, 6.45) is -3.24. The van der Waals surface area contributed by atoms with Crippen LogP contribution in [0.2, 0.25) is 0 Å². The molecule has 4 nitrogen and oxygen atoms in total. The monoisotopic (exact) mass is 356 g/mol. The van der Waals surface area contributed by atoms with E-state index in [1.807, 2.05) is 18.2 Å². The molecular formula is C18H23F3N2O2. The second-order valence-electron chi connectivity index (χ2n) is 6.75. The van der Waals surface area contributed by atoms with Gasteiger partial charge in [-0.1, -0.05) is 12.1 Å². The molecule has 7 heteroatoms. The molecule has 138 valence electrons. The van der Waals surface area contributed by atoms with Gasteiger partial charge in [-0.3, -0.25) is 4.79 Å². The molecule has 1 unspecified atom stereocenters. The fourth-order valence-corrected chi connectivity index (χ4v) is 3.46. The Morgan fingerprint density at radius 3 is 2.76 bits per heavy atom. The highest BCUT2D eigenvalue weighted by Gasteiger charge is 2.44. The molecule has 0 bridgehead atoms. The van der Waals surface area contributed by atoms with Gasteiger partial charge in [-0.05, 0) is 56.0 Å². The number of nitrogens with zero attached hydrogens (tertiary/aromatic N) is 1. The predicted octanol–water partition coefficient (Wildman–Crippen LogP) is 2.63. The van der Waals surface area contributed by atoms with Crippen LogP contribution in [0.25, 0.3) is 0 Å². The quantitative estimate of drug-likeness (QED) is 0.905. The Morgan fingerprint density at radius 1 is 1.28 bits per heavy atom. The van der Waals surface area contributed by atoms with Crippen molar-refractivity contribution in [2.75, 3.05) is 32.8 Å². The van der Waals surface area contributed by atoms with Gasteiger partial charge in [-0.15, -0.1) is 0 Å². The second kappa shape index (κ2) is 7.74. The van der Waals surface area contributed by atoms with Crippen LogP contribution in [-0.4, -0.2) is 55.9 Å². The van der Waals surface area contributed by atoms with E-state index in [0.29, 0.717) is 11.5 Å². The van der Waals surface area contributed by atoms with E-state index in [2.05, 4.69) is 5.32 Å². The van der Waals surface area contributed by atoms with Crippen molar-refractivity contribution in [1.82, 2.24) is 10.2 Å². The molecule has 2 aliphatic heterocycles. The maximum atomic E-state index is 12.8. The lowest BCUT2D eigenvalue weighted by molar-refractivity contribution is -0.233. The maximum Gasteiger partial charge on any atom is 0.416 e. The zero-order chi connectivity index (χ0) is 17.9. The normalized spacial score (nSPS) is 22.8. The Hall–Kier alpha value is -1.60. The summed E-state index contributed by atoms with van der Waals surface area (Å²) in [7, 11) is 0. The van der Waals surface area contributed by atoms with Crippen LogP contribution in [0.5, 0.6) is 0 Å². The summed E-state index contributed by atoms with van der Waals surface area (Å²) in [6, 6.07) is 7.29. The summed E-state index contributed by atoms with van der Waals surface area (Å²) in [4.78, 5) is 13.9. The summed E-state index contributed by atoms with van der Waals surface area (Å²) < 4.78 is 43.3. The second-order valence-corrected chi connectivity index (χ2v) is 6.75. The van der Waals surface area contributed by atoms with E-state index < -0.39 is 18.8 Å². The summed E-state index contributed by atoms with van der Waals surface area (Å²) >= 11 is 0. The molecule has 0 spiro atoms. The summed E-state index contributed by atoms with van der Waals surface area (Å²) in [5, 5.41) is 3.32. The molecule has 2 aliphatic rings. The third-order valence-electron chi connectivity index (χ3n) is 4.88. The molecule has 1 amide bonds. The number of hydrogen-bond donors (Lipinski definition) is 1. The van der Waals surface area contributed by atoms with Crippen LogP contribution in [0.3, 0.4) is 0 Å². The fourth-order valence-electron chi connectivity index (χ4n) is 3.46. The topological polar surface area (TPSA) is 41.6 Å². The third kappa shape index (κ3) is 4.73. The molecule has 25 heavy (non-hydrogen) atoms. The Bertz CT molecular complexity index is 600. The van der Waals surface area contributed by atoms with Crippen LogP contribution in [0.15, 0.2) is 24.3 Å². The minimum Gasteiger partial charge on any atom is -0.365 e. The van der Waals surface area contributed by atoms with E-state index in [9.17, 15) is 18.0 Å². The molecule has 0 saturated carbocycles. The van der Waals surface area contributed by atoms with Crippen molar-refractivity contribution in [3.8, 4) is 0 Å². The molecule has 0 radical (unpaired) electrons. The van der Waals surface area contributed by atoms with Crippen molar-refractivity contribution in [2.45, 2.75) is 31.5 Å². The van der Waals surface area contributed by atoms with Crippen LogP contribution in [-0.2, 0) is 11.2 Å². The van der Waals surface area contributed by atoms with Crippen molar-refractivity contribution in [3.63, 3.8) is 0 Å². The van der Waals surface area contributed by atoms with E-state index in [4.69, 9.17) is 4.74 Å². The van der Waals surface area contributed by atoms with Crippen molar-refractivity contribution in [3.05, 3.63) is 35.4 Å². The highest BCUT2D eigenvalue weighted by Crippen LogP contribution is 2.26. The molecule has 0 aromatic heterocycles. The summed E-state index contributed by atoms with van der Waals surface area (Å²) in [5.41, 5.74) is 1.52. The van der Waals surface area contributed by atoms with E-state index >= 15 is 0 Å². The minimum atomic E-state index is -4.45. The van der Waals surface area contributed by atoms with Gasteiger partial charge >= 0.3 is 6.18 Å². The average molecular weight is 356 g/mol. The third-order valence-corrected chi connectivity index (χ3v) is 4.88. The first-order valence-electron chi connectivity index (χ1n) is 8.71. The van der Waals surface area contributed by atoms with Gasteiger partial charge in [0.1, 0.15) is 0 Å². The van der Waals surface area contributed by atoms with Gasteiger partial charge in [0.05, 0.1) is 13.2 Å². The van der Waals surface area contributed by atoms with Gasteiger partial charge in [0.2, 0.25) is 0 Å². The van der Waals surface area contributed by atoms with Crippen LogP contribution in [0, 0.1) is 5.92 Å². The van der Waals surface area contributed by atoms with Crippen molar-refractivity contribution in [2.24, 2.45) is 5.92 Å². The van der Waals surface area contributed by atoms with Crippen molar-refractivity contribution >= 4 is 5.91 Å². The number of halogens is 3. The molecular weight excluding hydrogens is 333 g/mol. The number of amides is 1. The van der Waals surface area contributed by atoms with Gasteiger partial charge in [0, 0.05) is 12.1 Å². The van der Waals surface area contributed by atoms with E-state index in [1.165, 1.54) is 4.90 Å². The molecule has 3 rings (SSSR count). The standard InChI is InChI=1S/C18H23F3N2O2/c19-18(20,21)16-12-23(8-9-25-16)17(24)15-3-1-2-14(11-15)10-13-4-6-22-7-5-13/h1-3,11,13,16,22H,4-10,12H2. The number of carbonyl (C=O) groups excluding carboxylic acids is 1. The van der Waals surface area contributed by atoms with Crippen LogP contribution >= 0.6 is 0 Å². The van der Waals surface area contributed by atoms with Crippen molar-refractivity contribution < 1.29 is 22.7 Å². The average Bonchev–Trinajstić information content (AvgIpc) is 2.61. The Balaban J connectivity index is 1.66. The smallest absolute Gasteiger partial charge is 0.365 e. The lowest BCUT2D eigenvalue weighted by Gasteiger charge is -2.34. The summed E-state index contributed by atoms with van der Waals surface area (Å²) in [6.45, 7) is 1.67. The molecule has 1 N–H and O–H groups in total. The minimum absolute atomic E-state index is 0.0926. The molecule has 1 aromatic carbocycles.